The van der Waals surface area contributed by atoms with Crippen LogP contribution in [0.5, 0.6) is 0 Å². The summed E-state index contributed by atoms with van der Waals surface area (Å²) in [6, 6.07) is 2.00. The molecule has 0 bridgehead atoms. The number of aliphatic imine (C=N–C) groups is 1. The van der Waals surface area contributed by atoms with Crippen LogP contribution < -0.4 is 0 Å². The van der Waals surface area contributed by atoms with Crippen LogP contribution in [0, 0.1) is 17.2 Å². The first-order valence-electron chi connectivity index (χ1n) is 3.89. The van der Waals surface area contributed by atoms with Crippen LogP contribution in [0.1, 0.15) is 0 Å². The van der Waals surface area contributed by atoms with Gasteiger partial charge in [-0.1, -0.05) is 6.08 Å². The Bertz CT molecular complexity index is 419. The lowest BCUT2D eigenvalue weighted by Gasteiger charge is -2.16. The lowest BCUT2D eigenvalue weighted by molar-refractivity contribution is -0.119. The lowest BCUT2D eigenvalue weighted by Crippen LogP contribution is -2.17. The Hall–Kier alpha value is -1.95. The number of nitrogens with zero attached hydrogens (tertiary/aromatic N) is 2. The molecule has 0 aromatic carbocycles. The smallest absolute Gasteiger partial charge is 0.257 e. The van der Waals surface area contributed by atoms with Gasteiger partial charge in [-0.2, -0.15) is 5.26 Å². The Kier molecular flexibility index (Phi) is 1.67. The third-order valence-electron chi connectivity index (χ3n) is 2.02. The highest BCUT2D eigenvalue weighted by Crippen LogP contribution is 2.24. The first-order valence-corrected chi connectivity index (χ1v) is 3.89. The van der Waals surface area contributed by atoms with E-state index in [0.717, 1.165) is 5.57 Å². The van der Waals surface area contributed by atoms with E-state index in [4.69, 9.17) is 5.26 Å². The quantitative estimate of drug-likeness (QED) is 0.547. The second-order valence-corrected chi connectivity index (χ2v) is 2.83. The number of allylic oxidation sites excluding steroid dienone is 4. The molecule has 0 radical (unpaired) electrons. The van der Waals surface area contributed by atoms with Crippen LogP contribution in [0.25, 0.3) is 0 Å². The molecule has 0 aromatic rings. The molecular formula is C10H6N2O. The summed E-state index contributed by atoms with van der Waals surface area (Å²) in [6.07, 6.45) is 8.41. The molecule has 3 heteroatoms. The van der Waals surface area contributed by atoms with Gasteiger partial charge in [0.05, 0.1) is 12.0 Å². The first-order chi connectivity index (χ1) is 6.31. The maximum absolute atomic E-state index is 11.3. The SMILES string of the molecule is N#CC1=CC2C(=O)N=CC=C2C=C1. The van der Waals surface area contributed by atoms with Crippen molar-refractivity contribution < 1.29 is 4.79 Å². The maximum Gasteiger partial charge on any atom is 0.257 e. The van der Waals surface area contributed by atoms with Gasteiger partial charge < -0.3 is 0 Å². The molecule has 0 N–H and O–H groups in total. The van der Waals surface area contributed by atoms with Gasteiger partial charge in [0.1, 0.15) is 0 Å². The Morgan fingerprint density at radius 1 is 1.46 bits per heavy atom. The van der Waals surface area contributed by atoms with Crippen molar-refractivity contribution in [1.82, 2.24) is 0 Å². The van der Waals surface area contributed by atoms with E-state index in [0.29, 0.717) is 5.57 Å². The average Bonchev–Trinajstić information content (AvgIpc) is 2.18. The number of amides is 1. The zero-order chi connectivity index (χ0) is 9.26. The first kappa shape index (κ1) is 7.69. The van der Waals surface area contributed by atoms with E-state index in [-0.39, 0.29) is 11.8 Å². The Balaban J connectivity index is 2.43. The highest BCUT2D eigenvalue weighted by atomic mass is 16.1. The molecule has 0 spiro atoms. The van der Waals surface area contributed by atoms with Gasteiger partial charge in [0, 0.05) is 11.8 Å². The van der Waals surface area contributed by atoms with Gasteiger partial charge in [0.2, 0.25) is 0 Å². The van der Waals surface area contributed by atoms with E-state index >= 15 is 0 Å². The number of nitriles is 1. The van der Waals surface area contributed by atoms with Crippen LogP contribution in [0.3, 0.4) is 0 Å². The summed E-state index contributed by atoms with van der Waals surface area (Å²) >= 11 is 0. The molecule has 1 aliphatic heterocycles. The van der Waals surface area contributed by atoms with Crippen molar-refractivity contribution in [3.63, 3.8) is 0 Å². The maximum atomic E-state index is 11.3. The highest BCUT2D eigenvalue weighted by molar-refractivity contribution is 5.98. The van der Waals surface area contributed by atoms with Crippen LogP contribution in [-0.2, 0) is 4.79 Å². The molecule has 1 aliphatic carbocycles. The van der Waals surface area contributed by atoms with Gasteiger partial charge in [-0.25, -0.2) is 4.99 Å². The normalized spacial score (nSPS) is 24.5. The number of fused-ring (bicyclic) bond motifs is 1. The minimum atomic E-state index is -0.343. The molecule has 0 aromatic heterocycles. The van der Waals surface area contributed by atoms with Crippen molar-refractivity contribution in [3.05, 3.63) is 35.5 Å². The Morgan fingerprint density at radius 2 is 2.31 bits per heavy atom. The van der Waals surface area contributed by atoms with Gasteiger partial charge in [-0.3, -0.25) is 4.79 Å². The van der Waals surface area contributed by atoms with E-state index in [2.05, 4.69) is 4.99 Å². The van der Waals surface area contributed by atoms with Gasteiger partial charge >= 0.3 is 0 Å². The topological polar surface area (TPSA) is 53.2 Å². The van der Waals surface area contributed by atoms with E-state index in [1.165, 1.54) is 6.21 Å². The monoisotopic (exact) mass is 170 g/mol. The molecule has 13 heavy (non-hydrogen) atoms. The summed E-state index contributed by atoms with van der Waals surface area (Å²) in [6.45, 7) is 0. The molecule has 1 amide bonds. The van der Waals surface area contributed by atoms with Gasteiger partial charge in [0.25, 0.3) is 5.91 Å². The fourth-order valence-electron chi connectivity index (χ4n) is 1.35. The van der Waals surface area contributed by atoms with E-state index in [1.54, 1.807) is 24.3 Å². The van der Waals surface area contributed by atoms with E-state index in [9.17, 15) is 4.79 Å². The molecule has 0 fully saturated rings. The third-order valence-corrected chi connectivity index (χ3v) is 2.02. The van der Waals surface area contributed by atoms with Crippen LogP contribution in [0.4, 0.5) is 0 Å². The summed E-state index contributed by atoms with van der Waals surface area (Å²) in [5, 5.41) is 8.63. The summed E-state index contributed by atoms with van der Waals surface area (Å²) in [5.74, 6) is -0.542. The van der Waals surface area contributed by atoms with Crippen molar-refractivity contribution in [3.8, 4) is 6.07 Å². The summed E-state index contributed by atoms with van der Waals surface area (Å²) in [7, 11) is 0. The molecule has 1 heterocycles. The van der Waals surface area contributed by atoms with Crippen molar-refractivity contribution in [1.29, 1.82) is 5.26 Å². The van der Waals surface area contributed by atoms with Gasteiger partial charge in [0.15, 0.2) is 0 Å². The molecule has 2 aliphatic rings. The Labute approximate surface area is 75.4 Å². The van der Waals surface area contributed by atoms with Crippen molar-refractivity contribution in [2.75, 3.05) is 0 Å². The number of carbonyl (C=O) groups excluding carboxylic acids is 1. The minimum Gasteiger partial charge on any atom is -0.272 e. The van der Waals surface area contributed by atoms with Crippen molar-refractivity contribution in [2.45, 2.75) is 0 Å². The molecular weight excluding hydrogens is 164 g/mol. The number of hydrogen-bond acceptors (Lipinski definition) is 2. The molecule has 62 valence electrons. The number of rotatable bonds is 0. The molecule has 1 unspecified atom stereocenters. The predicted octanol–water partition coefficient (Wildman–Crippen LogP) is 1.16. The predicted molar refractivity (Wildman–Crippen MR) is 47.9 cm³/mol. The average molecular weight is 170 g/mol. The fraction of sp³-hybridized carbons (Fsp3) is 0.100. The molecule has 1 atom stereocenters. The largest absolute Gasteiger partial charge is 0.272 e. The lowest BCUT2D eigenvalue weighted by atomic mass is 9.89. The van der Waals surface area contributed by atoms with Crippen LogP contribution in [-0.4, -0.2) is 12.1 Å². The van der Waals surface area contributed by atoms with Crippen molar-refractivity contribution in [2.24, 2.45) is 10.9 Å². The third kappa shape index (κ3) is 1.23. The fourth-order valence-corrected chi connectivity index (χ4v) is 1.35. The second-order valence-electron chi connectivity index (χ2n) is 2.83. The minimum absolute atomic E-state index is 0.199. The molecule has 0 saturated carbocycles. The number of carbonyl (C=O) groups is 1. The number of hydrogen-bond donors (Lipinski definition) is 0. The summed E-state index contributed by atoms with van der Waals surface area (Å²) in [5.41, 5.74) is 1.42. The second kappa shape index (κ2) is 2.83. The van der Waals surface area contributed by atoms with Gasteiger partial charge in [-0.05, 0) is 23.8 Å². The molecule has 3 nitrogen and oxygen atoms in total. The van der Waals surface area contributed by atoms with Crippen LogP contribution in [0.2, 0.25) is 0 Å². The highest BCUT2D eigenvalue weighted by Gasteiger charge is 2.23. The van der Waals surface area contributed by atoms with Crippen LogP contribution in [0.15, 0.2) is 40.4 Å². The molecule has 2 rings (SSSR count). The Morgan fingerprint density at radius 3 is 3.08 bits per heavy atom. The zero-order valence-corrected chi connectivity index (χ0v) is 6.77. The molecule has 0 saturated heterocycles. The zero-order valence-electron chi connectivity index (χ0n) is 6.77. The van der Waals surface area contributed by atoms with Crippen molar-refractivity contribution >= 4 is 12.1 Å². The van der Waals surface area contributed by atoms with Crippen LogP contribution >= 0.6 is 0 Å². The standard InChI is InChI=1S/C10H6N2O/c11-6-7-1-2-8-3-4-12-10(13)9(8)5-7/h1-5,9H. The summed E-state index contributed by atoms with van der Waals surface area (Å²) in [4.78, 5) is 14.9. The van der Waals surface area contributed by atoms with E-state index in [1.807, 2.05) is 6.07 Å². The number of dihydropyridines is 1. The van der Waals surface area contributed by atoms with E-state index < -0.39 is 0 Å². The summed E-state index contributed by atoms with van der Waals surface area (Å²) < 4.78 is 0. The van der Waals surface area contributed by atoms with Gasteiger partial charge in [-0.15, -0.1) is 0 Å².